The minimum Gasteiger partial charge on any atom is -0.326 e. The number of nitrogens with zero attached hydrogens (tertiary/aromatic N) is 2. The van der Waals surface area contributed by atoms with E-state index in [1.54, 1.807) is 18.5 Å². The number of hydrogen-bond acceptors (Lipinski definition) is 2. The molecule has 0 aliphatic carbocycles. The van der Waals surface area contributed by atoms with Crippen LogP contribution >= 0.6 is 0 Å². The Morgan fingerprint density at radius 3 is 2.59 bits per heavy atom. The monoisotopic (exact) mass is 241 g/mol. The highest BCUT2D eigenvalue weighted by atomic mass is 19.4. The number of benzene rings is 1. The van der Waals surface area contributed by atoms with Crippen LogP contribution in [0.3, 0.4) is 0 Å². The summed E-state index contributed by atoms with van der Waals surface area (Å²) >= 11 is 0. The van der Waals surface area contributed by atoms with Gasteiger partial charge in [0.05, 0.1) is 11.3 Å². The van der Waals surface area contributed by atoms with Crippen molar-refractivity contribution in [2.45, 2.75) is 12.7 Å². The summed E-state index contributed by atoms with van der Waals surface area (Å²) in [5, 5.41) is 3.97. The SMILES string of the molecule is NCc1cc(C(F)(F)F)ccc1-n1cccn1. The molecule has 0 unspecified atom stereocenters. The fourth-order valence-corrected chi connectivity index (χ4v) is 1.56. The van der Waals surface area contributed by atoms with Gasteiger partial charge in [-0.3, -0.25) is 0 Å². The van der Waals surface area contributed by atoms with E-state index in [0.717, 1.165) is 12.1 Å². The molecule has 0 bridgehead atoms. The zero-order valence-corrected chi connectivity index (χ0v) is 8.78. The first-order valence-electron chi connectivity index (χ1n) is 4.92. The Morgan fingerprint density at radius 2 is 2.06 bits per heavy atom. The summed E-state index contributed by atoms with van der Waals surface area (Å²) in [4.78, 5) is 0. The third-order valence-corrected chi connectivity index (χ3v) is 2.38. The van der Waals surface area contributed by atoms with E-state index in [2.05, 4.69) is 5.10 Å². The zero-order chi connectivity index (χ0) is 12.5. The van der Waals surface area contributed by atoms with Gasteiger partial charge in [0.2, 0.25) is 0 Å². The third-order valence-electron chi connectivity index (χ3n) is 2.38. The molecule has 0 aliphatic rings. The van der Waals surface area contributed by atoms with E-state index in [4.69, 9.17) is 5.73 Å². The van der Waals surface area contributed by atoms with Gasteiger partial charge in [-0.15, -0.1) is 0 Å². The molecule has 2 aromatic rings. The maximum Gasteiger partial charge on any atom is 0.416 e. The molecule has 1 aromatic carbocycles. The van der Waals surface area contributed by atoms with Crippen LogP contribution in [0, 0.1) is 0 Å². The molecule has 0 fully saturated rings. The van der Waals surface area contributed by atoms with Crippen molar-refractivity contribution in [3.8, 4) is 5.69 Å². The van der Waals surface area contributed by atoms with E-state index < -0.39 is 11.7 Å². The van der Waals surface area contributed by atoms with E-state index in [9.17, 15) is 13.2 Å². The summed E-state index contributed by atoms with van der Waals surface area (Å²) in [6, 6.07) is 5.14. The molecule has 0 spiro atoms. The van der Waals surface area contributed by atoms with Gasteiger partial charge >= 0.3 is 6.18 Å². The molecule has 0 aliphatic heterocycles. The number of nitrogens with two attached hydrogens (primary N) is 1. The molecular weight excluding hydrogens is 231 g/mol. The first kappa shape index (κ1) is 11.7. The van der Waals surface area contributed by atoms with Gasteiger partial charge in [-0.25, -0.2) is 4.68 Å². The second-order valence-electron chi connectivity index (χ2n) is 3.50. The minimum absolute atomic E-state index is 0.0269. The predicted molar refractivity (Wildman–Crippen MR) is 56.5 cm³/mol. The molecule has 2 rings (SSSR count). The Balaban J connectivity index is 2.50. The molecule has 0 radical (unpaired) electrons. The van der Waals surface area contributed by atoms with E-state index in [0.29, 0.717) is 11.3 Å². The Bertz CT molecular complexity index is 503. The van der Waals surface area contributed by atoms with Crippen molar-refractivity contribution in [2.75, 3.05) is 0 Å². The van der Waals surface area contributed by atoms with Gasteiger partial charge in [0.25, 0.3) is 0 Å². The number of alkyl halides is 3. The Hall–Kier alpha value is -1.82. The fourth-order valence-electron chi connectivity index (χ4n) is 1.56. The lowest BCUT2D eigenvalue weighted by Crippen LogP contribution is -2.10. The maximum atomic E-state index is 12.5. The van der Waals surface area contributed by atoms with E-state index in [1.807, 2.05) is 0 Å². The molecule has 3 nitrogen and oxygen atoms in total. The standard InChI is InChI=1S/C11H10F3N3/c12-11(13,14)9-2-3-10(8(6-9)7-15)17-5-1-4-16-17/h1-6H,7,15H2. The van der Waals surface area contributed by atoms with Crippen LogP contribution in [0.5, 0.6) is 0 Å². The lowest BCUT2D eigenvalue weighted by atomic mass is 10.1. The highest BCUT2D eigenvalue weighted by Gasteiger charge is 2.30. The van der Waals surface area contributed by atoms with E-state index >= 15 is 0 Å². The van der Waals surface area contributed by atoms with Gasteiger partial charge in [0.1, 0.15) is 0 Å². The first-order chi connectivity index (χ1) is 8.02. The number of aromatic nitrogens is 2. The maximum absolute atomic E-state index is 12.5. The molecule has 0 saturated heterocycles. The van der Waals surface area contributed by atoms with Gasteiger partial charge in [-0.2, -0.15) is 18.3 Å². The second kappa shape index (κ2) is 4.21. The van der Waals surface area contributed by atoms with Crippen LogP contribution in [0.4, 0.5) is 13.2 Å². The number of rotatable bonds is 2. The third kappa shape index (κ3) is 2.31. The molecule has 6 heteroatoms. The van der Waals surface area contributed by atoms with Crippen molar-refractivity contribution in [3.05, 3.63) is 47.8 Å². The van der Waals surface area contributed by atoms with Gasteiger partial charge in [-0.05, 0) is 29.8 Å². The predicted octanol–water partition coefficient (Wildman–Crippen LogP) is 2.35. The summed E-state index contributed by atoms with van der Waals surface area (Å²) in [6.45, 7) is 0.0269. The minimum atomic E-state index is -4.35. The van der Waals surface area contributed by atoms with Crippen molar-refractivity contribution in [1.29, 1.82) is 0 Å². The van der Waals surface area contributed by atoms with Gasteiger partial charge < -0.3 is 5.73 Å². The van der Waals surface area contributed by atoms with Crippen molar-refractivity contribution in [2.24, 2.45) is 5.73 Å². The lowest BCUT2D eigenvalue weighted by Gasteiger charge is -2.12. The number of hydrogen-bond donors (Lipinski definition) is 1. The van der Waals surface area contributed by atoms with Crippen LogP contribution in [-0.2, 0) is 12.7 Å². The largest absolute Gasteiger partial charge is 0.416 e. The van der Waals surface area contributed by atoms with Crippen LogP contribution in [0.2, 0.25) is 0 Å². The molecule has 1 heterocycles. The molecular formula is C11H10F3N3. The van der Waals surface area contributed by atoms with Crippen LogP contribution < -0.4 is 5.73 Å². The second-order valence-corrected chi connectivity index (χ2v) is 3.50. The fraction of sp³-hybridized carbons (Fsp3) is 0.182. The molecule has 0 saturated carbocycles. The van der Waals surface area contributed by atoms with Gasteiger partial charge in [0, 0.05) is 18.9 Å². The molecule has 17 heavy (non-hydrogen) atoms. The molecule has 1 aromatic heterocycles. The highest BCUT2D eigenvalue weighted by Crippen LogP contribution is 2.31. The summed E-state index contributed by atoms with van der Waals surface area (Å²) in [5.41, 5.74) is 5.73. The van der Waals surface area contributed by atoms with Crippen LogP contribution in [0.1, 0.15) is 11.1 Å². The van der Waals surface area contributed by atoms with E-state index in [1.165, 1.54) is 10.7 Å². The Labute approximate surface area is 95.7 Å². The van der Waals surface area contributed by atoms with Crippen molar-refractivity contribution in [3.63, 3.8) is 0 Å². The molecule has 0 atom stereocenters. The summed E-state index contributed by atoms with van der Waals surface area (Å²) in [7, 11) is 0. The average molecular weight is 241 g/mol. The summed E-state index contributed by atoms with van der Waals surface area (Å²) < 4.78 is 39.0. The Morgan fingerprint density at radius 1 is 1.29 bits per heavy atom. The first-order valence-corrected chi connectivity index (χ1v) is 4.92. The summed E-state index contributed by atoms with van der Waals surface area (Å²) in [6.07, 6.45) is -1.15. The van der Waals surface area contributed by atoms with E-state index in [-0.39, 0.29) is 6.54 Å². The van der Waals surface area contributed by atoms with Crippen molar-refractivity contribution in [1.82, 2.24) is 9.78 Å². The summed E-state index contributed by atoms with van der Waals surface area (Å²) in [5.74, 6) is 0. The van der Waals surface area contributed by atoms with Crippen molar-refractivity contribution >= 4 is 0 Å². The molecule has 0 amide bonds. The molecule has 2 N–H and O–H groups in total. The van der Waals surface area contributed by atoms with Crippen molar-refractivity contribution < 1.29 is 13.2 Å². The smallest absolute Gasteiger partial charge is 0.326 e. The van der Waals surface area contributed by atoms with Gasteiger partial charge in [-0.1, -0.05) is 0 Å². The normalized spacial score (nSPS) is 11.8. The topological polar surface area (TPSA) is 43.8 Å². The highest BCUT2D eigenvalue weighted by molar-refractivity contribution is 5.43. The van der Waals surface area contributed by atoms with Crippen LogP contribution in [-0.4, -0.2) is 9.78 Å². The van der Waals surface area contributed by atoms with Crippen LogP contribution in [0.25, 0.3) is 5.69 Å². The quantitative estimate of drug-likeness (QED) is 0.877. The number of halogens is 3. The lowest BCUT2D eigenvalue weighted by molar-refractivity contribution is -0.137. The zero-order valence-electron chi connectivity index (χ0n) is 8.78. The average Bonchev–Trinajstić information content (AvgIpc) is 2.80. The van der Waals surface area contributed by atoms with Crippen LogP contribution in [0.15, 0.2) is 36.7 Å². The van der Waals surface area contributed by atoms with Gasteiger partial charge in [0.15, 0.2) is 0 Å². The molecule has 90 valence electrons. The Kier molecular flexibility index (Phi) is 2.89.